The third-order valence-corrected chi connectivity index (χ3v) is 8.15. The Morgan fingerprint density at radius 2 is 1.89 bits per heavy atom. The highest BCUT2D eigenvalue weighted by atomic mass is 35.5. The van der Waals surface area contributed by atoms with E-state index in [9.17, 15) is 14.7 Å². The lowest BCUT2D eigenvalue weighted by atomic mass is 9.68. The fourth-order valence-corrected chi connectivity index (χ4v) is 5.83. The van der Waals surface area contributed by atoms with Crippen LogP contribution in [0.25, 0.3) is 0 Å². The van der Waals surface area contributed by atoms with Crippen molar-refractivity contribution in [3.8, 4) is 0 Å². The number of amides is 1. The molecule has 2 fully saturated rings. The average Bonchev–Trinajstić information content (AvgIpc) is 3.53. The lowest BCUT2D eigenvalue weighted by Gasteiger charge is -2.36. The van der Waals surface area contributed by atoms with Crippen molar-refractivity contribution in [2.24, 2.45) is 11.8 Å². The summed E-state index contributed by atoms with van der Waals surface area (Å²) in [5, 5.41) is 17.3. The van der Waals surface area contributed by atoms with E-state index < -0.39 is 11.9 Å². The van der Waals surface area contributed by atoms with Crippen LogP contribution >= 0.6 is 11.6 Å². The van der Waals surface area contributed by atoms with Crippen LogP contribution in [0.1, 0.15) is 112 Å². The second kappa shape index (κ2) is 11.2. The Kier molecular flexibility index (Phi) is 8.20. The number of aromatic nitrogens is 1. The lowest BCUT2D eigenvalue weighted by molar-refractivity contribution is -0.137. The summed E-state index contributed by atoms with van der Waals surface area (Å²) in [6.45, 7) is 6.46. The summed E-state index contributed by atoms with van der Waals surface area (Å²) in [4.78, 5) is 24.6. The number of nitrogens with zero attached hydrogens (tertiary/aromatic N) is 1. The number of halogens is 1. The zero-order chi connectivity index (χ0) is 25.1. The van der Waals surface area contributed by atoms with Crippen LogP contribution in [0, 0.1) is 18.8 Å². The van der Waals surface area contributed by atoms with Crippen molar-refractivity contribution in [1.29, 1.82) is 0 Å². The summed E-state index contributed by atoms with van der Waals surface area (Å²) in [7, 11) is 0. The Bertz CT molecular complexity index is 1050. The molecule has 1 atom stereocenters. The molecule has 0 spiro atoms. The van der Waals surface area contributed by atoms with Crippen LogP contribution in [0.4, 0.5) is 5.69 Å². The van der Waals surface area contributed by atoms with Crippen LogP contribution in [0.5, 0.6) is 0 Å². The number of rotatable bonds is 12. The zero-order valence-corrected chi connectivity index (χ0v) is 21.7. The number of aliphatic carboxylic acids is 1. The number of hydrogen-bond acceptors (Lipinski definition) is 4. The summed E-state index contributed by atoms with van der Waals surface area (Å²) in [5.41, 5.74) is 3.28. The van der Waals surface area contributed by atoms with Gasteiger partial charge >= 0.3 is 5.97 Å². The Hall–Kier alpha value is -2.34. The fourth-order valence-electron chi connectivity index (χ4n) is 5.55. The van der Waals surface area contributed by atoms with E-state index in [-0.39, 0.29) is 18.7 Å². The van der Waals surface area contributed by atoms with E-state index in [1.807, 2.05) is 13.0 Å². The Morgan fingerprint density at radius 1 is 1.17 bits per heavy atom. The van der Waals surface area contributed by atoms with Gasteiger partial charge in [0.15, 0.2) is 0 Å². The van der Waals surface area contributed by atoms with E-state index in [2.05, 4.69) is 24.3 Å². The molecule has 1 unspecified atom stereocenters. The maximum atomic E-state index is 12.9. The summed E-state index contributed by atoms with van der Waals surface area (Å²) in [5.74, 6) is 1.43. The molecule has 0 radical (unpaired) electrons. The second-order valence-electron chi connectivity index (χ2n) is 10.6. The van der Waals surface area contributed by atoms with E-state index in [1.165, 1.54) is 19.3 Å². The molecule has 4 rings (SSSR count). The number of benzene rings is 1. The monoisotopic (exact) mass is 500 g/mol. The normalized spacial score (nSPS) is 20.5. The minimum absolute atomic E-state index is 0.0180. The van der Waals surface area contributed by atoms with Crippen molar-refractivity contribution < 1.29 is 19.2 Å². The first-order valence-electron chi connectivity index (χ1n) is 13.1. The van der Waals surface area contributed by atoms with E-state index >= 15 is 0 Å². The zero-order valence-electron chi connectivity index (χ0n) is 21.0. The highest BCUT2D eigenvalue weighted by Gasteiger charge is 2.42. The Morgan fingerprint density at radius 3 is 2.49 bits per heavy atom. The molecule has 0 bridgehead atoms. The lowest BCUT2D eigenvalue weighted by Crippen LogP contribution is -2.24. The van der Waals surface area contributed by atoms with Crippen LogP contribution in [0.15, 0.2) is 22.7 Å². The molecule has 7 heteroatoms. The molecule has 1 amide bonds. The SMILES string of the molecule is CCC(CC)CC1CC(c2onc(C(CC(=O)O)CC(=O)Nc3ccc(C)cc3Cl)c2C2CC2)C1. The largest absolute Gasteiger partial charge is 0.481 e. The molecule has 1 aromatic carbocycles. The minimum atomic E-state index is -0.948. The van der Waals surface area contributed by atoms with E-state index in [1.54, 1.807) is 12.1 Å². The van der Waals surface area contributed by atoms with Crippen molar-refractivity contribution in [2.75, 3.05) is 5.32 Å². The third-order valence-electron chi connectivity index (χ3n) is 7.84. The van der Waals surface area contributed by atoms with Crippen LogP contribution in [0.2, 0.25) is 5.02 Å². The number of nitrogens with one attached hydrogen (secondary N) is 1. The van der Waals surface area contributed by atoms with Crippen LogP contribution in [0.3, 0.4) is 0 Å². The standard InChI is InChI=1S/C28H37ClN2O4/c1-4-17(5-2)11-18-12-21(13-18)28-26(19-7-8-19)27(31-35-28)20(15-25(33)34)14-24(32)30-23-9-6-16(3)10-22(23)29/h6,9-10,17-21H,4-5,7-8,11-15H2,1-3H3,(H,30,32)(H,33,34). The maximum Gasteiger partial charge on any atom is 0.304 e. The molecular formula is C28H37ClN2O4. The topological polar surface area (TPSA) is 92.4 Å². The quantitative estimate of drug-likeness (QED) is 0.316. The molecule has 1 heterocycles. The Labute approximate surface area is 212 Å². The Balaban J connectivity index is 1.49. The molecule has 2 saturated carbocycles. The van der Waals surface area contributed by atoms with Crippen molar-refractivity contribution in [3.63, 3.8) is 0 Å². The minimum Gasteiger partial charge on any atom is -0.481 e. The van der Waals surface area contributed by atoms with Gasteiger partial charge in [-0.2, -0.15) is 0 Å². The highest BCUT2D eigenvalue weighted by Crippen LogP contribution is 2.53. The average molecular weight is 501 g/mol. The molecule has 2 aromatic rings. The fraction of sp³-hybridized carbons (Fsp3) is 0.607. The first kappa shape index (κ1) is 25.7. The van der Waals surface area contributed by atoms with Crippen molar-refractivity contribution >= 4 is 29.2 Å². The van der Waals surface area contributed by atoms with Gasteiger partial charge in [0.1, 0.15) is 5.76 Å². The predicted molar refractivity (Wildman–Crippen MR) is 137 cm³/mol. The molecule has 190 valence electrons. The highest BCUT2D eigenvalue weighted by molar-refractivity contribution is 6.33. The van der Waals surface area contributed by atoms with Crippen molar-refractivity contribution in [3.05, 3.63) is 45.8 Å². The van der Waals surface area contributed by atoms with Gasteiger partial charge in [0.2, 0.25) is 5.91 Å². The second-order valence-corrected chi connectivity index (χ2v) is 11.0. The first-order valence-corrected chi connectivity index (χ1v) is 13.4. The number of carboxylic acid groups (broad SMARTS) is 1. The van der Waals surface area contributed by atoms with Crippen molar-refractivity contribution in [1.82, 2.24) is 5.16 Å². The molecular weight excluding hydrogens is 464 g/mol. The molecule has 0 aliphatic heterocycles. The van der Waals surface area contributed by atoms with Gasteiger partial charge in [-0.05, 0) is 74.5 Å². The van der Waals surface area contributed by atoms with Gasteiger partial charge in [0, 0.05) is 23.8 Å². The molecule has 2 aliphatic carbocycles. The number of carbonyl (C=O) groups is 2. The molecule has 0 saturated heterocycles. The summed E-state index contributed by atoms with van der Waals surface area (Å²) in [6, 6.07) is 5.43. The first-order chi connectivity index (χ1) is 16.8. The van der Waals surface area contributed by atoms with E-state index in [4.69, 9.17) is 16.1 Å². The number of carboxylic acids is 1. The smallest absolute Gasteiger partial charge is 0.304 e. The number of aryl methyl sites for hydroxylation is 1. The third kappa shape index (κ3) is 6.27. The van der Waals surface area contributed by atoms with Gasteiger partial charge in [0.25, 0.3) is 0 Å². The number of anilines is 1. The molecule has 2 aliphatic rings. The predicted octanol–water partition coefficient (Wildman–Crippen LogP) is 7.42. The summed E-state index contributed by atoms with van der Waals surface area (Å²) >= 11 is 6.27. The van der Waals surface area contributed by atoms with Crippen molar-refractivity contribution in [2.45, 2.75) is 96.3 Å². The number of carbonyl (C=O) groups excluding carboxylic acids is 1. The molecule has 6 nitrogen and oxygen atoms in total. The molecule has 1 aromatic heterocycles. The maximum absolute atomic E-state index is 12.9. The van der Waals surface area contributed by atoms with Crippen LogP contribution in [-0.4, -0.2) is 22.1 Å². The van der Waals surface area contributed by atoms with Crippen LogP contribution < -0.4 is 5.32 Å². The summed E-state index contributed by atoms with van der Waals surface area (Å²) < 4.78 is 5.91. The van der Waals surface area contributed by atoms with E-state index in [0.717, 1.165) is 54.4 Å². The molecule has 35 heavy (non-hydrogen) atoms. The van der Waals surface area contributed by atoms with Gasteiger partial charge in [-0.25, -0.2) is 0 Å². The number of hydrogen-bond donors (Lipinski definition) is 2. The van der Waals surface area contributed by atoms with Gasteiger partial charge in [-0.15, -0.1) is 0 Å². The summed E-state index contributed by atoms with van der Waals surface area (Å²) in [6.07, 6.45) is 7.93. The van der Waals surface area contributed by atoms with Gasteiger partial charge in [-0.1, -0.05) is 49.5 Å². The van der Waals surface area contributed by atoms with Crippen LogP contribution in [-0.2, 0) is 9.59 Å². The van der Waals surface area contributed by atoms with Gasteiger partial charge in [0.05, 0.1) is 22.8 Å². The van der Waals surface area contributed by atoms with Gasteiger partial charge < -0.3 is 14.9 Å². The molecule has 2 N–H and O–H groups in total. The van der Waals surface area contributed by atoms with Gasteiger partial charge in [-0.3, -0.25) is 9.59 Å². The van der Waals surface area contributed by atoms with E-state index in [0.29, 0.717) is 28.2 Å².